The number of esters is 1. The highest BCUT2D eigenvalue weighted by Crippen LogP contribution is 2.40. The number of β-lactam (4-membered cyclic amide) rings is 1. The van der Waals surface area contributed by atoms with Crippen molar-refractivity contribution < 1.29 is 29.0 Å². The molecule has 9 heteroatoms. The lowest BCUT2D eigenvalue weighted by atomic mass is 10.0. The summed E-state index contributed by atoms with van der Waals surface area (Å²) in [5, 5.41) is 11.2. The maximum Gasteiger partial charge on any atom is 0.352 e. The molecule has 0 aliphatic carbocycles. The van der Waals surface area contributed by atoms with Crippen LogP contribution in [-0.2, 0) is 23.9 Å². The molecule has 2 atom stereocenters. The number of nitrogens with one attached hydrogen (secondary N) is 1. The summed E-state index contributed by atoms with van der Waals surface area (Å²) in [4.78, 5) is 45.5. The monoisotopic (exact) mass is 300 g/mol. The van der Waals surface area contributed by atoms with Crippen LogP contribution < -0.4 is 5.32 Å². The number of carboxylic acids is 1. The highest BCUT2D eigenvalue weighted by Gasteiger charge is 2.53. The number of amides is 2. The summed E-state index contributed by atoms with van der Waals surface area (Å²) in [6.45, 7) is 1.06. The van der Waals surface area contributed by atoms with Crippen LogP contribution in [0.15, 0.2) is 11.3 Å². The molecule has 1 fully saturated rings. The average Bonchev–Trinajstić information content (AvgIpc) is 2.40. The fraction of sp³-hybridized carbons (Fsp3) is 0.455. The Morgan fingerprint density at radius 3 is 2.85 bits per heavy atom. The Morgan fingerprint density at radius 1 is 1.60 bits per heavy atom. The van der Waals surface area contributed by atoms with Crippen molar-refractivity contribution in [3.8, 4) is 0 Å². The third kappa shape index (κ3) is 2.36. The second kappa shape index (κ2) is 5.53. The van der Waals surface area contributed by atoms with Gasteiger partial charge in [0.25, 0.3) is 5.91 Å². The zero-order valence-corrected chi connectivity index (χ0v) is 11.3. The average molecular weight is 300 g/mol. The van der Waals surface area contributed by atoms with Crippen LogP contribution in [0, 0.1) is 0 Å². The van der Waals surface area contributed by atoms with Gasteiger partial charge in [-0.25, -0.2) is 4.79 Å². The van der Waals surface area contributed by atoms with Gasteiger partial charge in [-0.1, -0.05) is 0 Å². The van der Waals surface area contributed by atoms with Crippen LogP contribution in [0.2, 0.25) is 0 Å². The molecule has 0 radical (unpaired) electrons. The molecule has 1 saturated heterocycles. The Hall–Kier alpha value is -2.03. The van der Waals surface area contributed by atoms with Crippen molar-refractivity contribution in [1.29, 1.82) is 0 Å². The van der Waals surface area contributed by atoms with Gasteiger partial charge in [-0.15, -0.1) is 11.8 Å². The minimum atomic E-state index is -1.25. The molecule has 0 bridgehead atoms. The topological polar surface area (TPSA) is 113 Å². The summed E-state index contributed by atoms with van der Waals surface area (Å²) in [5.41, 5.74) is 0.204. The molecule has 2 amide bonds. The van der Waals surface area contributed by atoms with E-state index in [2.05, 4.69) is 5.32 Å². The quantitative estimate of drug-likeness (QED) is 0.377. The lowest BCUT2D eigenvalue weighted by Crippen LogP contribution is -2.69. The zero-order valence-electron chi connectivity index (χ0n) is 10.5. The number of hydrogen-bond acceptors (Lipinski definition) is 6. The molecule has 2 rings (SSSR count). The Kier molecular flexibility index (Phi) is 3.98. The minimum Gasteiger partial charge on any atom is -0.477 e. The molecule has 0 spiro atoms. The van der Waals surface area contributed by atoms with E-state index in [0.717, 1.165) is 4.90 Å². The molecular weight excluding hydrogens is 288 g/mol. The van der Waals surface area contributed by atoms with Gasteiger partial charge in [0.1, 0.15) is 23.7 Å². The van der Waals surface area contributed by atoms with Crippen LogP contribution in [0.3, 0.4) is 0 Å². The van der Waals surface area contributed by atoms with Crippen LogP contribution in [0.5, 0.6) is 0 Å². The first-order chi connectivity index (χ1) is 9.47. The molecule has 0 aromatic heterocycles. The second-order valence-electron chi connectivity index (χ2n) is 4.21. The molecule has 1 unspecified atom stereocenters. The van der Waals surface area contributed by atoms with E-state index in [1.165, 1.54) is 18.7 Å². The van der Waals surface area contributed by atoms with Crippen molar-refractivity contribution in [1.82, 2.24) is 10.2 Å². The zero-order chi connectivity index (χ0) is 14.9. The summed E-state index contributed by atoms with van der Waals surface area (Å²) in [5.74, 6) is -1.94. The van der Waals surface area contributed by atoms with Crippen LogP contribution >= 0.6 is 11.8 Å². The number of aliphatic carboxylic acids is 1. The summed E-state index contributed by atoms with van der Waals surface area (Å²) >= 11 is 1.32. The number of ether oxygens (including phenoxy) is 1. The van der Waals surface area contributed by atoms with Crippen molar-refractivity contribution in [2.75, 3.05) is 12.4 Å². The van der Waals surface area contributed by atoms with Crippen molar-refractivity contribution in [2.24, 2.45) is 0 Å². The number of fused-ring (bicyclic) bond motifs is 1. The van der Waals surface area contributed by atoms with E-state index in [0.29, 0.717) is 17.7 Å². The van der Waals surface area contributed by atoms with E-state index >= 15 is 0 Å². The standard InChI is InChI=1S/C11H12N2O6S/c1-5(15)19-2-6-3-20-10-7(12-4-14)9(16)13(10)8(6)11(17)18/h4,7,10H,2-3H2,1H3,(H,12,14)(H,17,18)/t7?,10-/m0/s1. The molecule has 8 nitrogen and oxygen atoms in total. The van der Waals surface area contributed by atoms with Crippen molar-refractivity contribution in [3.05, 3.63) is 11.3 Å². The fourth-order valence-corrected chi connectivity index (χ4v) is 3.41. The number of hydrogen-bond donors (Lipinski definition) is 2. The van der Waals surface area contributed by atoms with Gasteiger partial charge in [-0.05, 0) is 0 Å². The van der Waals surface area contributed by atoms with Gasteiger partial charge in [0.15, 0.2) is 0 Å². The lowest BCUT2D eigenvalue weighted by Gasteiger charge is -2.48. The molecule has 2 aliphatic rings. The lowest BCUT2D eigenvalue weighted by molar-refractivity contribution is -0.150. The van der Waals surface area contributed by atoms with Gasteiger partial charge < -0.3 is 15.2 Å². The van der Waals surface area contributed by atoms with Crippen molar-refractivity contribution >= 4 is 36.0 Å². The van der Waals surface area contributed by atoms with Gasteiger partial charge in [-0.2, -0.15) is 0 Å². The molecule has 108 valence electrons. The number of thioether (sulfide) groups is 1. The molecule has 2 aliphatic heterocycles. The molecule has 0 saturated carbocycles. The van der Waals surface area contributed by atoms with Crippen LogP contribution in [0.25, 0.3) is 0 Å². The van der Waals surface area contributed by atoms with Gasteiger partial charge in [0.05, 0.1) is 0 Å². The van der Waals surface area contributed by atoms with Gasteiger partial charge in [0.2, 0.25) is 6.41 Å². The maximum absolute atomic E-state index is 11.9. The van der Waals surface area contributed by atoms with Crippen molar-refractivity contribution in [2.45, 2.75) is 18.3 Å². The molecule has 20 heavy (non-hydrogen) atoms. The number of rotatable bonds is 5. The minimum absolute atomic E-state index is 0.160. The third-order valence-corrected chi connectivity index (χ3v) is 4.29. The van der Waals surface area contributed by atoms with Crippen LogP contribution in [0.1, 0.15) is 6.92 Å². The smallest absolute Gasteiger partial charge is 0.352 e. The van der Waals surface area contributed by atoms with E-state index in [-0.39, 0.29) is 12.3 Å². The van der Waals surface area contributed by atoms with Gasteiger partial charge in [0, 0.05) is 18.2 Å². The fourth-order valence-electron chi connectivity index (χ4n) is 2.08. The van der Waals surface area contributed by atoms with Gasteiger partial charge >= 0.3 is 11.9 Å². The normalized spacial score (nSPS) is 24.6. The predicted molar refractivity (Wildman–Crippen MR) is 67.4 cm³/mol. The first-order valence-electron chi connectivity index (χ1n) is 5.70. The maximum atomic E-state index is 11.9. The summed E-state index contributed by atoms with van der Waals surface area (Å²) in [6.07, 6.45) is 0.416. The molecule has 2 N–H and O–H groups in total. The number of nitrogens with zero attached hydrogens (tertiary/aromatic N) is 1. The first kappa shape index (κ1) is 14.4. The summed E-state index contributed by atoms with van der Waals surface area (Å²) in [7, 11) is 0. The third-order valence-electron chi connectivity index (χ3n) is 2.95. The van der Waals surface area contributed by atoms with Crippen LogP contribution in [-0.4, -0.2) is 58.0 Å². The Labute approximate surface area is 118 Å². The van der Waals surface area contributed by atoms with E-state index in [4.69, 9.17) is 4.74 Å². The van der Waals surface area contributed by atoms with E-state index in [1.807, 2.05) is 0 Å². The predicted octanol–water partition coefficient (Wildman–Crippen LogP) is -1.08. The first-order valence-corrected chi connectivity index (χ1v) is 6.75. The molecular formula is C11H12N2O6S. The summed E-state index contributed by atoms with van der Waals surface area (Å²) < 4.78 is 4.80. The molecule has 2 heterocycles. The Balaban J connectivity index is 2.23. The Morgan fingerprint density at radius 2 is 2.30 bits per heavy atom. The van der Waals surface area contributed by atoms with Crippen molar-refractivity contribution in [3.63, 3.8) is 0 Å². The SMILES string of the molecule is CC(=O)OCC1=C(C(=O)O)N2C(=O)C(NC=O)[C@@H]2SC1. The van der Waals surface area contributed by atoms with Crippen LogP contribution in [0.4, 0.5) is 0 Å². The number of carboxylic acid groups (broad SMARTS) is 1. The largest absolute Gasteiger partial charge is 0.477 e. The molecule has 0 aromatic carbocycles. The highest BCUT2D eigenvalue weighted by atomic mass is 32.2. The Bertz CT molecular complexity index is 517. The summed E-state index contributed by atoms with van der Waals surface area (Å²) in [6, 6.07) is -0.706. The number of carbonyl (C=O) groups excluding carboxylic acids is 3. The highest BCUT2D eigenvalue weighted by molar-refractivity contribution is 8.00. The second-order valence-corrected chi connectivity index (χ2v) is 5.31. The van der Waals surface area contributed by atoms with Gasteiger partial charge in [-0.3, -0.25) is 19.3 Å². The van der Waals surface area contributed by atoms with E-state index in [9.17, 15) is 24.3 Å². The van der Waals surface area contributed by atoms with E-state index in [1.54, 1.807) is 0 Å². The van der Waals surface area contributed by atoms with E-state index < -0.39 is 29.3 Å². The molecule has 0 aromatic rings. The number of carbonyl (C=O) groups is 4.